The molecule has 0 spiro atoms. The Balaban J connectivity index is 1.34. The molecule has 158 valence electrons. The van der Waals surface area contributed by atoms with Crippen LogP contribution in [0.25, 0.3) is 6.08 Å². The Kier molecular flexibility index (Phi) is 4.37. The summed E-state index contributed by atoms with van der Waals surface area (Å²) in [6, 6.07) is 13.8. The van der Waals surface area contributed by atoms with E-state index in [9.17, 15) is 9.90 Å². The lowest BCUT2D eigenvalue weighted by molar-refractivity contribution is -0.150. The minimum Gasteiger partial charge on any atom is -0.455 e. The third-order valence-corrected chi connectivity index (χ3v) is 6.71. The number of esters is 1. The van der Waals surface area contributed by atoms with Crippen LogP contribution in [0.2, 0.25) is 0 Å². The summed E-state index contributed by atoms with van der Waals surface area (Å²) in [4.78, 5) is 15.1. The van der Waals surface area contributed by atoms with Crippen LogP contribution < -0.4 is 9.47 Å². The zero-order valence-electron chi connectivity index (χ0n) is 16.9. The summed E-state index contributed by atoms with van der Waals surface area (Å²) in [5.74, 6) is 0.861. The van der Waals surface area contributed by atoms with Gasteiger partial charge in [0.1, 0.15) is 12.2 Å². The molecule has 0 aromatic heterocycles. The van der Waals surface area contributed by atoms with E-state index in [1.807, 2.05) is 48.5 Å². The van der Waals surface area contributed by atoms with Crippen molar-refractivity contribution >= 4 is 12.0 Å². The topological polar surface area (TPSA) is 68.2 Å². The Morgan fingerprint density at radius 2 is 1.97 bits per heavy atom. The Bertz CT molecular complexity index is 1090. The van der Waals surface area contributed by atoms with Crippen molar-refractivity contribution in [3.63, 3.8) is 0 Å². The quantitative estimate of drug-likeness (QED) is 0.471. The number of benzene rings is 2. The molecule has 31 heavy (non-hydrogen) atoms. The standard InChI is InChI=1S/C25H23NO5/c27-19-10-16-8-9-26-13-17-11-20-21(30-14-29-20)12-18(17)23(24(16)26)25(19)31-22(28)7-6-15-4-2-1-3-5-15/h1-7,10-12,19,23-25,27H,8-9,13-14H2/b7-6+/t19-,23?,24?,25+/m0/s1. The van der Waals surface area contributed by atoms with Crippen LogP contribution in [0.4, 0.5) is 0 Å². The van der Waals surface area contributed by atoms with E-state index in [2.05, 4.69) is 4.90 Å². The van der Waals surface area contributed by atoms with Gasteiger partial charge in [-0.2, -0.15) is 0 Å². The molecule has 1 aliphatic carbocycles. The van der Waals surface area contributed by atoms with Crippen molar-refractivity contribution in [1.29, 1.82) is 0 Å². The zero-order chi connectivity index (χ0) is 20.9. The van der Waals surface area contributed by atoms with Gasteiger partial charge in [0.2, 0.25) is 6.79 Å². The fourth-order valence-electron chi connectivity index (χ4n) is 5.38. The van der Waals surface area contributed by atoms with Crippen molar-refractivity contribution in [3.05, 3.63) is 76.9 Å². The van der Waals surface area contributed by atoms with E-state index >= 15 is 0 Å². The highest BCUT2D eigenvalue weighted by atomic mass is 16.7. The minimum atomic E-state index is -0.846. The molecule has 0 saturated carbocycles. The monoisotopic (exact) mass is 417 g/mol. The third kappa shape index (κ3) is 3.14. The fraction of sp³-hybridized carbons (Fsp3) is 0.320. The Labute approximate surface area is 180 Å². The van der Waals surface area contributed by atoms with Gasteiger partial charge in [-0.05, 0) is 41.3 Å². The summed E-state index contributed by atoms with van der Waals surface area (Å²) in [6.07, 6.45) is 4.46. The molecule has 6 heteroatoms. The molecule has 3 heterocycles. The maximum Gasteiger partial charge on any atom is 0.331 e. The van der Waals surface area contributed by atoms with Crippen molar-refractivity contribution in [2.24, 2.45) is 0 Å². The molecule has 1 saturated heterocycles. The van der Waals surface area contributed by atoms with Gasteiger partial charge in [-0.15, -0.1) is 0 Å². The van der Waals surface area contributed by atoms with Crippen molar-refractivity contribution in [2.75, 3.05) is 13.3 Å². The molecule has 0 radical (unpaired) electrons. The number of aliphatic hydroxyl groups is 1. The minimum absolute atomic E-state index is 0.132. The van der Waals surface area contributed by atoms with Crippen LogP contribution in [0.15, 0.2) is 60.2 Å². The van der Waals surface area contributed by atoms with E-state index in [1.165, 1.54) is 11.6 Å². The first kappa shape index (κ1) is 18.7. The predicted molar refractivity (Wildman–Crippen MR) is 114 cm³/mol. The highest BCUT2D eigenvalue weighted by Gasteiger charge is 2.50. The fourth-order valence-corrected chi connectivity index (χ4v) is 5.38. The van der Waals surface area contributed by atoms with Gasteiger partial charge < -0.3 is 19.3 Å². The largest absolute Gasteiger partial charge is 0.455 e. The van der Waals surface area contributed by atoms with Gasteiger partial charge in [-0.25, -0.2) is 4.79 Å². The van der Waals surface area contributed by atoms with E-state index in [1.54, 1.807) is 6.08 Å². The number of hydrogen-bond acceptors (Lipinski definition) is 6. The molecular weight excluding hydrogens is 394 g/mol. The number of nitrogens with zero attached hydrogens (tertiary/aromatic N) is 1. The molecule has 0 bridgehead atoms. The lowest BCUT2D eigenvalue weighted by Gasteiger charge is -2.45. The maximum atomic E-state index is 12.7. The van der Waals surface area contributed by atoms with Gasteiger partial charge >= 0.3 is 5.97 Å². The third-order valence-electron chi connectivity index (χ3n) is 6.71. The molecular formula is C25H23NO5. The summed E-state index contributed by atoms with van der Waals surface area (Å²) in [5, 5.41) is 10.9. The van der Waals surface area contributed by atoms with Crippen LogP contribution in [0.1, 0.15) is 29.0 Å². The first-order valence-corrected chi connectivity index (χ1v) is 10.7. The second-order valence-corrected chi connectivity index (χ2v) is 8.47. The highest BCUT2D eigenvalue weighted by Crippen LogP contribution is 2.50. The van der Waals surface area contributed by atoms with Crippen LogP contribution >= 0.6 is 0 Å². The van der Waals surface area contributed by atoms with Crippen molar-refractivity contribution in [2.45, 2.75) is 37.1 Å². The smallest absolute Gasteiger partial charge is 0.331 e. The lowest BCUT2D eigenvalue weighted by atomic mass is 9.73. The Hall–Kier alpha value is -3.09. The number of hydrogen-bond donors (Lipinski definition) is 1. The van der Waals surface area contributed by atoms with Crippen LogP contribution in [0, 0.1) is 0 Å². The molecule has 2 unspecified atom stereocenters. The first-order valence-electron chi connectivity index (χ1n) is 10.7. The second kappa shape index (κ2) is 7.25. The number of ether oxygens (including phenoxy) is 3. The van der Waals surface area contributed by atoms with Gasteiger partial charge in [0, 0.05) is 31.1 Å². The number of rotatable bonds is 3. The Morgan fingerprint density at radius 1 is 1.16 bits per heavy atom. The Morgan fingerprint density at radius 3 is 2.81 bits per heavy atom. The van der Waals surface area contributed by atoms with Gasteiger partial charge in [0.25, 0.3) is 0 Å². The van der Waals surface area contributed by atoms with E-state index in [0.717, 1.165) is 42.0 Å². The number of fused-ring (bicyclic) bond motifs is 3. The maximum absolute atomic E-state index is 12.7. The molecule has 6 nitrogen and oxygen atoms in total. The molecule has 3 aliphatic heterocycles. The summed E-state index contributed by atoms with van der Waals surface area (Å²) in [7, 11) is 0. The van der Waals surface area contributed by atoms with Crippen LogP contribution in [0.3, 0.4) is 0 Å². The van der Waals surface area contributed by atoms with E-state index in [-0.39, 0.29) is 18.8 Å². The van der Waals surface area contributed by atoms with Gasteiger partial charge in [0.05, 0.1) is 0 Å². The normalized spacial score (nSPS) is 28.2. The van der Waals surface area contributed by atoms with Gasteiger partial charge in [0.15, 0.2) is 11.5 Å². The number of carbonyl (C=O) groups excluding carboxylic acids is 1. The van der Waals surface area contributed by atoms with Crippen LogP contribution in [0.5, 0.6) is 11.5 Å². The molecule has 1 fully saturated rings. The SMILES string of the molecule is O=C(/C=C/c1ccccc1)O[C@H]1C2c3cc4c(cc3CN3CCC(=C[C@@H]1O)C23)OCO4. The predicted octanol–water partition coefficient (Wildman–Crippen LogP) is 3.01. The second-order valence-electron chi connectivity index (χ2n) is 8.47. The van der Waals surface area contributed by atoms with Crippen molar-refractivity contribution in [3.8, 4) is 11.5 Å². The summed E-state index contributed by atoms with van der Waals surface area (Å²) < 4.78 is 17.1. The number of aliphatic hydroxyl groups excluding tert-OH is 1. The first-order chi connectivity index (χ1) is 15.2. The lowest BCUT2D eigenvalue weighted by Crippen LogP contribution is -2.51. The molecule has 2 aromatic carbocycles. The van der Waals surface area contributed by atoms with E-state index < -0.39 is 18.2 Å². The summed E-state index contributed by atoms with van der Waals surface area (Å²) in [5.41, 5.74) is 4.36. The van der Waals surface area contributed by atoms with Crippen molar-refractivity contribution < 1.29 is 24.1 Å². The highest BCUT2D eigenvalue weighted by molar-refractivity contribution is 5.87. The summed E-state index contributed by atoms with van der Waals surface area (Å²) in [6.45, 7) is 1.96. The molecule has 1 N–H and O–H groups in total. The molecule has 4 atom stereocenters. The van der Waals surface area contributed by atoms with Crippen LogP contribution in [-0.4, -0.2) is 47.6 Å². The average Bonchev–Trinajstić information content (AvgIpc) is 3.40. The van der Waals surface area contributed by atoms with Gasteiger partial charge in [-0.1, -0.05) is 42.0 Å². The number of carbonyl (C=O) groups is 1. The average molecular weight is 417 g/mol. The van der Waals surface area contributed by atoms with Crippen LogP contribution in [-0.2, 0) is 16.1 Å². The summed E-state index contributed by atoms with van der Waals surface area (Å²) >= 11 is 0. The van der Waals surface area contributed by atoms with E-state index in [0.29, 0.717) is 5.75 Å². The van der Waals surface area contributed by atoms with E-state index in [4.69, 9.17) is 14.2 Å². The molecule has 2 aromatic rings. The molecule has 0 amide bonds. The zero-order valence-corrected chi connectivity index (χ0v) is 16.9. The molecule has 6 rings (SSSR count). The van der Waals surface area contributed by atoms with Crippen molar-refractivity contribution in [1.82, 2.24) is 4.90 Å². The molecule has 4 aliphatic rings. The van der Waals surface area contributed by atoms with Gasteiger partial charge in [-0.3, -0.25) is 4.90 Å².